The van der Waals surface area contributed by atoms with Crippen molar-refractivity contribution in [3.05, 3.63) is 46.8 Å². The van der Waals surface area contributed by atoms with E-state index < -0.39 is 28.9 Å². The van der Waals surface area contributed by atoms with E-state index in [9.17, 15) is 13.6 Å². The molecule has 0 atom stereocenters. The topological polar surface area (TPSA) is 64.3 Å². The molecule has 106 valence electrons. The molecule has 0 saturated heterocycles. The second kappa shape index (κ2) is 5.28. The van der Waals surface area contributed by atoms with Crippen LogP contribution in [0.2, 0.25) is 0 Å². The van der Waals surface area contributed by atoms with Gasteiger partial charge in [0.1, 0.15) is 6.61 Å². The number of nitrogens with zero attached hydrogens (tertiary/aromatic N) is 2. The summed E-state index contributed by atoms with van der Waals surface area (Å²) in [5.41, 5.74) is 0.931. The van der Waals surface area contributed by atoms with Gasteiger partial charge in [-0.05, 0) is 25.1 Å². The van der Waals surface area contributed by atoms with E-state index in [2.05, 4.69) is 5.10 Å². The van der Waals surface area contributed by atoms with E-state index in [1.54, 1.807) is 20.0 Å². The predicted molar refractivity (Wildman–Crippen MR) is 65.6 cm³/mol. The summed E-state index contributed by atoms with van der Waals surface area (Å²) in [6, 6.07) is 3.16. The average Bonchev–Trinajstić information content (AvgIpc) is 2.66. The number of aryl methyl sites for hydroxylation is 2. The highest BCUT2D eigenvalue weighted by molar-refractivity contribution is 5.87. The molecule has 0 aliphatic rings. The molecule has 0 amide bonds. The van der Waals surface area contributed by atoms with Crippen LogP contribution in [0, 0.1) is 18.6 Å². The number of carboxylic acids is 1. The van der Waals surface area contributed by atoms with Crippen molar-refractivity contribution in [3.8, 4) is 5.75 Å². The molecule has 0 aliphatic carbocycles. The van der Waals surface area contributed by atoms with Crippen molar-refractivity contribution in [2.24, 2.45) is 7.05 Å². The van der Waals surface area contributed by atoms with Crippen LogP contribution in [0.25, 0.3) is 0 Å². The third-order valence-corrected chi connectivity index (χ3v) is 2.71. The number of carboxylic acid groups (broad SMARTS) is 1. The van der Waals surface area contributed by atoms with Gasteiger partial charge in [0.05, 0.1) is 17.0 Å². The number of aromatic nitrogens is 2. The Morgan fingerprint density at radius 3 is 2.40 bits per heavy atom. The van der Waals surface area contributed by atoms with Crippen molar-refractivity contribution >= 4 is 5.97 Å². The number of rotatable bonds is 4. The predicted octanol–water partition coefficient (Wildman–Crippen LogP) is 2.28. The monoisotopic (exact) mass is 282 g/mol. The molecule has 0 bridgehead atoms. The van der Waals surface area contributed by atoms with E-state index in [1.165, 1.54) is 4.68 Å². The summed E-state index contributed by atoms with van der Waals surface area (Å²) in [6.45, 7) is 1.71. The lowest BCUT2D eigenvalue weighted by Gasteiger charge is -2.09. The minimum Gasteiger partial charge on any atom is -0.481 e. The Morgan fingerprint density at radius 2 is 1.95 bits per heavy atom. The van der Waals surface area contributed by atoms with E-state index in [0.717, 1.165) is 17.8 Å². The Bertz CT molecular complexity index is 645. The number of ether oxygens (including phenoxy) is 1. The lowest BCUT2D eigenvalue weighted by atomic mass is 10.2. The largest absolute Gasteiger partial charge is 0.481 e. The molecular weight excluding hydrogens is 270 g/mol. The first-order valence-corrected chi connectivity index (χ1v) is 5.73. The number of carbonyl (C=O) groups is 1. The molecule has 0 radical (unpaired) electrons. The molecule has 0 aliphatic heterocycles. The zero-order valence-corrected chi connectivity index (χ0v) is 10.9. The van der Waals surface area contributed by atoms with Crippen molar-refractivity contribution in [1.82, 2.24) is 9.78 Å². The smallest absolute Gasteiger partial charge is 0.335 e. The van der Waals surface area contributed by atoms with Crippen LogP contribution in [0.5, 0.6) is 5.75 Å². The lowest BCUT2D eigenvalue weighted by molar-refractivity contribution is 0.0695. The fourth-order valence-corrected chi connectivity index (χ4v) is 1.77. The Hall–Kier alpha value is -2.44. The molecule has 1 N–H and O–H groups in total. The van der Waals surface area contributed by atoms with Crippen molar-refractivity contribution in [2.45, 2.75) is 13.5 Å². The summed E-state index contributed by atoms with van der Waals surface area (Å²) >= 11 is 0. The van der Waals surface area contributed by atoms with E-state index >= 15 is 0 Å². The molecule has 0 unspecified atom stereocenters. The molecule has 20 heavy (non-hydrogen) atoms. The molecule has 5 nitrogen and oxygen atoms in total. The quantitative estimate of drug-likeness (QED) is 0.934. The first-order valence-electron chi connectivity index (χ1n) is 5.73. The van der Waals surface area contributed by atoms with Crippen molar-refractivity contribution in [1.29, 1.82) is 0 Å². The minimum absolute atomic E-state index is 0.0718. The molecule has 2 aromatic rings. The summed E-state index contributed by atoms with van der Waals surface area (Å²) in [5, 5.41) is 12.8. The molecule has 0 fully saturated rings. The SMILES string of the molecule is Cc1cc(COc2c(F)cc(C(=O)O)cc2F)n(C)n1. The maximum atomic E-state index is 13.6. The average molecular weight is 282 g/mol. The number of benzene rings is 1. The zero-order valence-electron chi connectivity index (χ0n) is 10.9. The lowest BCUT2D eigenvalue weighted by Crippen LogP contribution is -2.06. The minimum atomic E-state index is -1.41. The van der Waals surface area contributed by atoms with Gasteiger partial charge in [-0.1, -0.05) is 0 Å². The summed E-state index contributed by atoms with van der Waals surface area (Å²) in [6.07, 6.45) is 0. The second-order valence-electron chi connectivity index (χ2n) is 4.26. The van der Waals surface area contributed by atoms with Crippen LogP contribution in [-0.4, -0.2) is 20.9 Å². The summed E-state index contributed by atoms with van der Waals surface area (Å²) < 4.78 is 33.9. The standard InChI is InChI=1S/C13H12F2N2O3/c1-7-3-9(17(2)16-7)6-20-12-10(14)4-8(13(18)19)5-11(12)15/h3-5H,6H2,1-2H3,(H,18,19). The van der Waals surface area contributed by atoms with Gasteiger partial charge in [-0.25, -0.2) is 13.6 Å². The molecule has 0 spiro atoms. The molecule has 2 rings (SSSR count). The number of halogens is 2. The second-order valence-corrected chi connectivity index (χ2v) is 4.26. The number of hydrogen-bond donors (Lipinski definition) is 1. The van der Waals surface area contributed by atoms with E-state index in [0.29, 0.717) is 5.69 Å². The zero-order chi connectivity index (χ0) is 14.9. The number of aromatic carboxylic acids is 1. The summed E-state index contributed by atoms with van der Waals surface area (Å²) in [5.74, 6) is -4.12. The van der Waals surface area contributed by atoms with Gasteiger partial charge in [0.15, 0.2) is 17.4 Å². The Balaban J connectivity index is 2.22. The third kappa shape index (κ3) is 2.76. The van der Waals surface area contributed by atoms with Gasteiger partial charge in [0.25, 0.3) is 0 Å². The molecule has 1 aromatic heterocycles. The van der Waals surface area contributed by atoms with Gasteiger partial charge in [-0.3, -0.25) is 4.68 Å². The third-order valence-electron chi connectivity index (χ3n) is 2.71. The maximum absolute atomic E-state index is 13.6. The van der Waals surface area contributed by atoms with E-state index in [1.807, 2.05) is 0 Å². The fourth-order valence-electron chi connectivity index (χ4n) is 1.77. The highest BCUT2D eigenvalue weighted by atomic mass is 19.1. The van der Waals surface area contributed by atoms with Crippen LogP contribution in [0.1, 0.15) is 21.7 Å². The molecule has 7 heteroatoms. The van der Waals surface area contributed by atoms with Crippen LogP contribution in [-0.2, 0) is 13.7 Å². The van der Waals surface area contributed by atoms with Crippen molar-refractivity contribution in [3.63, 3.8) is 0 Å². The van der Waals surface area contributed by atoms with E-state index in [-0.39, 0.29) is 6.61 Å². The van der Waals surface area contributed by atoms with Gasteiger partial charge >= 0.3 is 5.97 Å². The first-order chi connectivity index (χ1) is 9.38. The van der Waals surface area contributed by atoms with Crippen LogP contribution in [0.15, 0.2) is 18.2 Å². The molecule has 1 heterocycles. The Labute approximate surface area is 113 Å². The number of hydrogen-bond acceptors (Lipinski definition) is 3. The van der Waals surface area contributed by atoms with Gasteiger partial charge in [-0.15, -0.1) is 0 Å². The fraction of sp³-hybridized carbons (Fsp3) is 0.231. The maximum Gasteiger partial charge on any atom is 0.335 e. The van der Waals surface area contributed by atoms with E-state index in [4.69, 9.17) is 9.84 Å². The highest BCUT2D eigenvalue weighted by Crippen LogP contribution is 2.24. The highest BCUT2D eigenvalue weighted by Gasteiger charge is 2.16. The summed E-state index contributed by atoms with van der Waals surface area (Å²) in [7, 11) is 1.69. The van der Waals surface area contributed by atoms with Crippen molar-refractivity contribution in [2.75, 3.05) is 0 Å². The van der Waals surface area contributed by atoms with Crippen LogP contribution >= 0.6 is 0 Å². The van der Waals surface area contributed by atoms with Crippen LogP contribution < -0.4 is 4.74 Å². The molecular formula is C13H12F2N2O3. The first kappa shape index (κ1) is 14.0. The van der Waals surface area contributed by atoms with Crippen LogP contribution in [0.4, 0.5) is 8.78 Å². The van der Waals surface area contributed by atoms with Gasteiger partial charge < -0.3 is 9.84 Å². The van der Waals surface area contributed by atoms with Crippen LogP contribution in [0.3, 0.4) is 0 Å². The molecule has 0 saturated carbocycles. The van der Waals surface area contributed by atoms with Gasteiger partial charge in [-0.2, -0.15) is 5.10 Å². The Kier molecular flexibility index (Phi) is 3.69. The molecule has 1 aromatic carbocycles. The summed E-state index contributed by atoms with van der Waals surface area (Å²) in [4.78, 5) is 10.7. The van der Waals surface area contributed by atoms with Crippen molar-refractivity contribution < 1.29 is 23.4 Å². The normalized spacial score (nSPS) is 10.6. The Morgan fingerprint density at radius 1 is 1.35 bits per heavy atom. The van der Waals surface area contributed by atoms with Gasteiger partial charge in [0, 0.05) is 7.05 Å². The van der Waals surface area contributed by atoms with Gasteiger partial charge in [0.2, 0.25) is 0 Å².